The average molecular weight is 193 g/mol. The van der Waals surface area contributed by atoms with Gasteiger partial charge in [0, 0.05) is 12.6 Å². The Bertz CT molecular complexity index is 367. The zero-order chi connectivity index (χ0) is 10.1. The van der Waals surface area contributed by atoms with Crippen LogP contribution in [-0.2, 0) is 0 Å². The third-order valence-electron chi connectivity index (χ3n) is 2.16. The first-order chi connectivity index (χ1) is 6.74. The van der Waals surface area contributed by atoms with Gasteiger partial charge in [0.05, 0.1) is 5.69 Å². The topological polar surface area (TPSA) is 64.6 Å². The number of nitrogens with one attached hydrogen (secondary N) is 2. The zero-order valence-electron chi connectivity index (χ0n) is 7.69. The highest BCUT2D eigenvalue weighted by atomic mass is 16.3. The number of aliphatic hydroxyl groups is 1. The monoisotopic (exact) mass is 193 g/mol. The molecular formula is C9H11N3O2. The SMILES string of the molecule is CNC(=O)N1Nc2ccccc2C1O. The molecule has 1 heterocycles. The fourth-order valence-electron chi connectivity index (χ4n) is 1.44. The van der Waals surface area contributed by atoms with Gasteiger partial charge in [0.1, 0.15) is 0 Å². The van der Waals surface area contributed by atoms with E-state index in [9.17, 15) is 9.90 Å². The Balaban J connectivity index is 2.30. The van der Waals surface area contributed by atoms with Crippen LogP contribution in [0.2, 0.25) is 0 Å². The maximum absolute atomic E-state index is 11.3. The Morgan fingerprint density at radius 1 is 1.57 bits per heavy atom. The second kappa shape index (κ2) is 3.19. The summed E-state index contributed by atoms with van der Waals surface area (Å²) < 4.78 is 0. The van der Waals surface area contributed by atoms with Crippen molar-refractivity contribution in [3.8, 4) is 0 Å². The van der Waals surface area contributed by atoms with Crippen LogP contribution in [-0.4, -0.2) is 23.2 Å². The number of fused-ring (bicyclic) bond motifs is 1. The van der Waals surface area contributed by atoms with Gasteiger partial charge in [-0.1, -0.05) is 18.2 Å². The molecule has 1 aliphatic heterocycles. The minimum atomic E-state index is -0.925. The minimum Gasteiger partial charge on any atom is -0.368 e. The van der Waals surface area contributed by atoms with Crippen LogP contribution in [0.1, 0.15) is 11.8 Å². The molecule has 1 aromatic rings. The minimum absolute atomic E-state index is 0.367. The number of hydrazine groups is 1. The lowest BCUT2D eigenvalue weighted by atomic mass is 10.2. The lowest BCUT2D eigenvalue weighted by Crippen LogP contribution is -2.40. The molecule has 0 spiro atoms. The molecule has 0 radical (unpaired) electrons. The van der Waals surface area contributed by atoms with Gasteiger partial charge in [-0.15, -0.1) is 0 Å². The van der Waals surface area contributed by atoms with Crippen molar-refractivity contribution in [2.45, 2.75) is 6.23 Å². The van der Waals surface area contributed by atoms with Gasteiger partial charge < -0.3 is 10.4 Å². The van der Waals surface area contributed by atoms with Crippen LogP contribution < -0.4 is 10.7 Å². The van der Waals surface area contributed by atoms with Gasteiger partial charge in [0.25, 0.3) is 0 Å². The number of amides is 2. The van der Waals surface area contributed by atoms with Crippen molar-refractivity contribution >= 4 is 11.7 Å². The smallest absolute Gasteiger partial charge is 0.338 e. The molecule has 0 bridgehead atoms. The van der Waals surface area contributed by atoms with Crippen molar-refractivity contribution in [2.24, 2.45) is 0 Å². The summed E-state index contributed by atoms with van der Waals surface area (Å²) in [6, 6.07) is 6.87. The summed E-state index contributed by atoms with van der Waals surface area (Å²) in [5.41, 5.74) is 4.26. The molecule has 2 amide bonds. The molecular weight excluding hydrogens is 182 g/mol. The maximum atomic E-state index is 11.3. The molecule has 2 rings (SSSR count). The highest BCUT2D eigenvalue weighted by Gasteiger charge is 2.30. The Kier molecular flexibility index (Phi) is 2.01. The Hall–Kier alpha value is -1.75. The quantitative estimate of drug-likeness (QED) is 0.567. The van der Waals surface area contributed by atoms with Crippen LogP contribution in [0, 0.1) is 0 Å². The van der Waals surface area contributed by atoms with Crippen LogP contribution in [0.4, 0.5) is 10.5 Å². The summed E-state index contributed by atoms with van der Waals surface area (Å²) >= 11 is 0. The van der Waals surface area contributed by atoms with E-state index in [4.69, 9.17) is 0 Å². The van der Waals surface area contributed by atoms with E-state index in [2.05, 4.69) is 10.7 Å². The van der Waals surface area contributed by atoms with Crippen LogP contribution in [0.25, 0.3) is 0 Å². The standard InChI is InChI=1S/C9H11N3O2/c1-10-9(14)12-8(13)6-4-2-3-5-7(6)11-12/h2-5,8,11,13H,1H3,(H,10,14). The number of aliphatic hydroxyl groups excluding tert-OH is 1. The molecule has 0 fully saturated rings. The molecule has 0 aromatic heterocycles. The average Bonchev–Trinajstić information content (AvgIpc) is 2.56. The molecule has 3 N–H and O–H groups in total. The van der Waals surface area contributed by atoms with E-state index in [0.717, 1.165) is 10.7 Å². The molecule has 0 saturated carbocycles. The number of hydrogen-bond donors (Lipinski definition) is 3. The van der Waals surface area contributed by atoms with Crippen molar-refractivity contribution in [2.75, 3.05) is 12.5 Å². The molecule has 74 valence electrons. The third kappa shape index (κ3) is 1.18. The number of hydrogen-bond acceptors (Lipinski definition) is 3. The largest absolute Gasteiger partial charge is 0.368 e. The first kappa shape index (κ1) is 8.83. The number of nitrogens with zero attached hydrogens (tertiary/aromatic N) is 1. The number of anilines is 1. The van der Waals surface area contributed by atoms with Crippen LogP contribution in [0.3, 0.4) is 0 Å². The van der Waals surface area contributed by atoms with E-state index < -0.39 is 6.23 Å². The predicted molar refractivity (Wildman–Crippen MR) is 51.3 cm³/mol. The van der Waals surface area contributed by atoms with Gasteiger partial charge in [-0.25, -0.2) is 9.80 Å². The number of benzene rings is 1. The molecule has 14 heavy (non-hydrogen) atoms. The molecule has 0 aliphatic carbocycles. The van der Waals surface area contributed by atoms with E-state index >= 15 is 0 Å². The van der Waals surface area contributed by atoms with Gasteiger partial charge >= 0.3 is 6.03 Å². The summed E-state index contributed by atoms with van der Waals surface area (Å²) in [6.07, 6.45) is -0.925. The molecule has 1 aliphatic rings. The Morgan fingerprint density at radius 3 is 2.93 bits per heavy atom. The van der Waals surface area contributed by atoms with Crippen molar-refractivity contribution in [1.29, 1.82) is 0 Å². The second-order valence-corrected chi connectivity index (χ2v) is 3.00. The summed E-state index contributed by atoms with van der Waals surface area (Å²) in [5, 5.41) is 13.3. The summed E-state index contributed by atoms with van der Waals surface area (Å²) in [7, 11) is 1.51. The number of carbonyl (C=O) groups excluding carboxylic acids is 1. The van der Waals surface area contributed by atoms with Crippen LogP contribution >= 0.6 is 0 Å². The highest BCUT2D eigenvalue weighted by Crippen LogP contribution is 2.32. The van der Waals surface area contributed by atoms with Crippen LogP contribution in [0.15, 0.2) is 24.3 Å². The van der Waals surface area contributed by atoms with Gasteiger partial charge in [-0.2, -0.15) is 0 Å². The Labute approximate surface area is 81.3 Å². The van der Waals surface area contributed by atoms with Gasteiger partial charge in [-0.3, -0.25) is 5.43 Å². The first-order valence-electron chi connectivity index (χ1n) is 4.28. The Morgan fingerprint density at radius 2 is 2.29 bits per heavy atom. The van der Waals surface area contributed by atoms with Crippen molar-refractivity contribution in [3.63, 3.8) is 0 Å². The number of urea groups is 1. The molecule has 5 nitrogen and oxygen atoms in total. The molecule has 0 saturated heterocycles. The zero-order valence-corrected chi connectivity index (χ0v) is 7.69. The molecule has 1 unspecified atom stereocenters. The van der Waals surface area contributed by atoms with Crippen molar-refractivity contribution < 1.29 is 9.90 Å². The summed E-state index contributed by atoms with van der Waals surface area (Å²) in [5.74, 6) is 0. The number of rotatable bonds is 0. The predicted octanol–water partition coefficient (Wildman–Crippen LogP) is 0.659. The van der Waals surface area contributed by atoms with Crippen molar-refractivity contribution in [1.82, 2.24) is 10.3 Å². The highest BCUT2D eigenvalue weighted by molar-refractivity contribution is 5.78. The van der Waals surface area contributed by atoms with Gasteiger partial charge in [-0.05, 0) is 6.07 Å². The first-order valence-corrected chi connectivity index (χ1v) is 4.28. The second-order valence-electron chi connectivity index (χ2n) is 3.00. The van der Waals surface area contributed by atoms with Crippen molar-refractivity contribution in [3.05, 3.63) is 29.8 Å². The molecule has 1 aromatic carbocycles. The lowest BCUT2D eigenvalue weighted by molar-refractivity contribution is 0.0574. The normalized spacial score (nSPS) is 18.7. The fourth-order valence-corrected chi connectivity index (χ4v) is 1.44. The van der Waals surface area contributed by atoms with Gasteiger partial charge in [0.2, 0.25) is 0 Å². The maximum Gasteiger partial charge on any atom is 0.338 e. The molecule has 5 heteroatoms. The van der Waals surface area contributed by atoms with E-state index in [0.29, 0.717) is 5.56 Å². The van der Waals surface area contributed by atoms with Gasteiger partial charge in [0.15, 0.2) is 6.23 Å². The van der Waals surface area contributed by atoms with E-state index in [1.165, 1.54) is 7.05 Å². The third-order valence-corrected chi connectivity index (χ3v) is 2.16. The van der Waals surface area contributed by atoms with E-state index in [-0.39, 0.29) is 6.03 Å². The molecule has 1 atom stereocenters. The number of para-hydroxylation sites is 1. The van der Waals surface area contributed by atoms with Crippen LogP contribution in [0.5, 0.6) is 0 Å². The lowest BCUT2D eigenvalue weighted by Gasteiger charge is -2.19. The number of carbonyl (C=O) groups is 1. The fraction of sp³-hybridized carbons (Fsp3) is 0.222. The van der Waals surface area contributed by atoms with E-state index in [1.54, 1.807) is 6.07 Å². The summed E-state index contributed by atoms with van der Waals surface area (Å²) in [4.78, 5) is 11.3. The summed E-state index contributed by atoms with van der Waals surface area (Å²) in [6.45, 7) is 0. The van der Waals surface area contributed by atoms with E-state index in [1.807, 2.05) is 18.2 Å².